The number of hydrogen-bond acceptors (Lipinski definition) is 5. The Kier molecular flexibility index (Phi) is 4.86. The van der Waals surface area contributed by atoms with Gasteiger partial charge in [0.2, 0.25) is 0 Å². The number of furan rings is 1. The van der Waals surface area contributed by atoms with Crippen molar-refractivity contribution in [3.8, 4) is 0 Å². The Balaban J connectivity index is 1.84. The van der Waals surface area contributed by atoms with E-state index in [0.717, 1.165) is 0 Å². The van der Waals surface area contributed by atoms with Crippen LogP contribution in [0.15, 0.2) is 47.1 Å². The van der Waals surface area contributed by atoms with E-state index in [-0.39, 0.29) is 30.1 Å². The maximum Gasteiger partial charge on any atom is 0.287 e. The Morgan fingerprint density at radius 3 is 2.36 bits per heavy atom. The second-order valence-corrected chi connectivity index (χ2v) is 4.26. The maximum atomic E-state index is 11.9. The van der Waals surface area contributed by atoms with Gasteiger partial charge in [-0.05, 0) is 18.2 Å². The third-order valence-electron chi connectivity index (χ3n) is 2.79. The molecule has 0 saturated heterocycles. The molecule has 0 aliphatic carbocycles. The first-order valence-electron chi connectivity index (χ1n) is 6.43. The van der Waals surface area contributed by atoms with Crippen LogP contribution < -0.4 is 10.6 Å². The van der Waals surface area contributed by atoms with Gasteiger partial charge in [0.1, 0.15) is 5.56 Å². The van der Waals surface area contributed by atoms with E-state index in [0.29, 0.717) is 0 Å². The number of nitrogens with zero attached hydrogens (tertiary/aromatic N) is 1. The van der Waals surface area contributed by atoms with Crippen LogP contribution in [-0.2, 0) is 0 Å². The number of nitro groups is 1. The average molecular weight is 303 g/mol. The van der Waals surface area contributed by atoms with Crippen molar-refractivity contribution < 1.29 is 18.9 Å². The van der Waals surface area contributed by atoms with Crippen LogP contribution in [0.4, 0.5) is 5.69 Å². The fraction of sp³-hybridized carbons (Fsp3) is 0.143. The molecule has 0 atom stereocenters. The topological polar surface area (TPSA) is 114 Å². The molecule has 2 N–H and O–H groups in total. The summed E-state index contributed by atoms with van der Waals surface area (Å²) in [5, 5.41) is 15.9. The smallest absolute Gasteiger partial charge is 0.287 e. The van der Waals surface area contributed by atoms with Gasteiger partial charge in [-0.3, -0.25) is 19.7 Å². The lowest BCUT2D eigenvalue weighted by Crippen LogP contribution is -2.34. The van der Waals surface area contributed by atoms with Crippen LogP contribution in [0.2, 0.25) is 0 Å². The van der Waals surface area contributed by atoms with E-state index in [1.807, 2.05) is 0 Å². The molecule has 22 heavy (non-hydrogen) atoms. The van der Waals surface area contributed by atoms with E-state index >= 15 is 0 Å². The summed E-state index contributed by atoms with van der Waals surface area (Å²) in [6, 6.07) is 8.76. The minimum Gasteiger partial charge on any atom is -0.459 e. The van der Waals surface area contributed by atoms with Gasteiger partial charge in [-0.15, -0.1) is 0 Å². The second kappa shape index (κ2) is 7.02. The molecule has 0 saturated carbocycles. The molecule has 8 nitrogen and oxygen atoms in total. The van der Waals surface area contributed by atoms with Crippen LogP contribution in [0, 0.1) is 10.1 Å². The number of nitrogens with one attached hydrogen (secondary N) is 2. The zero-order chi connectivity index (χ0) is 15.9. The van der Waals surface area contributed by atoms with Gasteiger partial charge in [0, 0.05) is 19.2 Å². The molecule has 1 aromatic carbocycles. The molecule has 1 heterocycles. The molecule has 2 amide bonds. The lowest BCUT2D eigenvalue weighted by atomic mass is 10.1. The summed E-state index contributed by atoms with van der Waals surface area (Å²) in [5.74, 6) is -0.797. The van der Waals surface area contributed by atoms with Gasteiger partial charge in [-0.25, -0.2) is 0 Å². The highest BCUT2D eigenvalue weighted by Gasteiger charge is 2.18. The molecule has 1 aromatic heterocycles. The molecule has 0 spiro atoms. The predicted octanol–water partition coefficient (Wildman–Crippen LogP) is 1.35. The number of para-hydroxylation sites is 1. The van der Waals surface area contributed by atoms with E-state index in [4.69, 9.17) is 4.42 Å². The summed E-state index contributed by atoms with van der Waals surface area (Å²) in [7, 11) is 0. The molecule has 8 heteroatoms. The number of carbonyl (C=O) groups is 2. The van der Waals surface area contributed by atoms with Crippen molar-refractivity contribution in [3.63, 3.8) is 0 Å². The van der Waals surface area contributed by atoms with E-state index in [2.05, 4.69) is 10.6 Å². The summed E-state index contributed by atoms with van der Waals surface area (Å²) < 4.78 is 4.91. The zero-order valence-corrected chi connectivity index (χ0v) is 11.4. The largest absolute Gasteiger partial charge is 0.459 e. The summed E-state index contributed by atoms with van der Waals surface area (Å²) >= 11 is 0. The number of carbonyl (C=O) groups excluding carboxylic acids is 2. The van der Waals surface area contributed by atoms with Gasteiger partial charge in [-0.2, -0.15) is 0 Å². The third-order valence-corrected chi connectivity index (χ3v) is 2.79. The Bertz CT molecular complexity index is 682. The van der Waals surface area contributed by atoms with Crippen molar-refractivity contribution in [1.29, 1.82) is 0 Å². The molecule has 2 aromatic rings. The number of nitro benzene ring substituents is 1. The van der Waals surface area contributed by atoms with Gasteiger partial charge >= 0.3 is 0 Å². The average Bonchev–Trinajstić information content (AvgIpc) is 3.05. The highest BCUT2D eigenvalue weighted by molar-refractivity contribution is 5.98. The molecule has 2 rings (SSSR count). The Morgan fingerprint density at radius 1 is 1.05 bits per heavy atom. The van der Waals surface area contributed by atoms with Crippen LogP contribution in [0.5, 0.6) is 0 Å². The molecule has 0 aliphatic heterocycles. The zero-order valence-electron chi connectivity index (χ0n) is 11.4. The van der Waals surface area contributed by atoms with Crippen molar-refractivity contribution in [2.75, 3.05) is 13.1 Å². The van der Waals surface area contributed by atoms with Crippen LogP contribution >= 0.6 is 0 Å². The van der Waals surface area contributed by atoms with Crippen molar-refractivity contribution in [3.05, 3.63) is 64.1 Å². The van der Waals surface area contributed by atoms with Crippen LogP contribution in [0.1, 0.15) is 20.9 Å². The van der Waals surface area contributed by atoms with Crippen molar-refractivity contribution >= 4 is 17.5 Å². The van der Waals surface area contributed by atoms with Gasteiger partial charge < -0.3 is 15.1 Å². The first kappa shape index (κ1) is 15.2. The first-order chi connectivity index (χ1) is 10.6. The molecular formula is C14H13N3O5. The number of rotatable bonds is 6. The van der Waals surface area contributed by atoms with Gasteiger partial charge in [-0.1, -0.05) is 12.1 Å². The summed E-state index contributed by atoms with van der Waals surface area (Å²) in [6.45, 7) is 0.309. The van der Waals surface area contributed by atoms with Crippen LogP contribution in [-0.4, -0.2) is 29.8 Å². The number of benzene rings is 1. The first-order valence-corrected chi connectivity index (χ1v) is 6.43. The molecule has 0 radical (unpaired) electrons. The van der Waals surface area contributed by atoms with Crippen molar-refractivity contribution in [2.45, 2.75) is 0 Å². The third kappa shape index (κ3) is 3.69. The maximum absolute atomic E-state index is 11.9. The van der Waals surface area contributed by atoms with Gasteiger partial charge in [0.05, 0.1) is 11.2 Å². The predicted molar refractivity (Wildman–Crippen MR) is 76.5 cm³/mol. The molecule has 0 aliphatic rings. The van der Waals surface area contributed by atoms with E-state index in [1.54, 1.807) is 12.1 Å². The molecule has 114 valence electrons. The quantitative estimate of drug-likeness (QED) is 0.475. The highest BCUT2D eigenvalue weighted by Crippen LogP contribution is 2.16. The normalized spacial score (nSPS) is 10.0. The number of amides is 2. The fourth-order valence-electron chi connectivity index (χ4n) is 1.77. The summed E-state index contributed by atoms with van der Waals surface area (Å²) in [4.78, 5) is 33.7. The van der Waals surface area contributed by atoms with Gasteiger partial charge in [0.25, 0.3) is 17.5 Å². The fourth-order valence-corrected chi connectivity index (χ4v) is 1.77. The Hall–Kier alpha value is -3.16. The highest BCUT2D eigenvalue weighted by atomic mass is 16.6. The molecular weight excluding hydrogens is 290 g/mol. The number of hydrogen-bond donors (Lipinski definition) is 2. The van der Waals surface area contributed by atoms with Crippen LogP contribution in [0.25, 0.3) is 0 Å². The standard InChI is InChI=1S/C14H13N3O5/c18-13(10-4-1-2-5-11(10)17(20)21)15-7-8-16-14(19)12-6-3-9-22-12/h1-6,9H,7-8H2,(H,15,18)(H,16,19). The molecule has 0 bridgehead atoms. The Morgan fingerprint density at radius 2 is 1.73 bits per heavy atom. The van der Waals surface area contributed by atoms with E-state index in [1.165, 1.54) is 30.5 Å². The second-order valence-electron chi connectivity index (χ2n) is 4.26. The monoisotopic (exact) mass is 303 g/mol. The van der Waals surface area contributed by atoms with Crippen molar-refractivity contribution in [2.24, 2.45) is 0 Å². The minimum absolute atomic E-state index is 0.0233. The molecule has 0 fully saturated rings. The minimum atomic E-state index is -0.617. The molecule has 0 unspecified atom stereocenters. The lowest BCUT2D eigenvalue weighted by Gasteiger charge is -2.06. The lowest BCUT2D eigenvalue weighted by molar-refractivity contribution is -0.385. The van der Waals surface area contributed by atoms with Crippen LogP contribution in [0.3, 0.4) is 0 Å². The Labute approximate surface area is 125 Å². The van der Waals surface area contributed by atoms with E-state index in [9.17, 15) is 19.7 Å². The summed E-state index contributed by atoms with van der Waals surface area (Å²) in [6.07, 6.45) is 1.38. The van der Waals surface area contributed by atoms with Gasteiger partial charge in [0.15, 0.2) is 5.76 Å². The van der Waals surface area contributed by atoms with E-state index < -0.39 is 16.7 Å². The van der Waals surface area contributed by atoms with Crippen molar-refractivity contribution in [1.82, 2.24) is 10.6 Å². The summed E-state index contributed by atoms with van der Waals surface area (Å²) in [5.41, 5.74) is -0.288. The SMILES string of the molecule is O=C(NCCNC(=O)c1ccccc1[N+](=O)[O-])c1ccco1.